The number of ether oxygens (including phenoxy) is 2. The van der Waals surface area contributed by atoms with Crippen LogP contribution in [-0.4, -0.2) is 59.5 Å². The minimum atomic E-state index is -3.41. The second-order valence-corrected chi connectivity index (χ2v) is 13.4. The number of rotatable bonds is 10. The van der Waals surface area contributed by atoms with Gasteiger partial charge in [-0.05, 0) is 57.4 Å². The zero-order valence-corrected chi connectivity index (χ0v) is 23.7. The summed E-state index contributed by atoms with van der Waals surface area (Å²) in [4.78, 5) is 35.6. The van der Waals surface area contributed by atoms with E-state index in [1.807, 2.05) is 13.8 Å². The van der Waals surface area contributed by atoms with Gasteiger partial charge in [0, 0.05) is 24.7 Å². The van der Waals surface area contributed by atoms with E-state index < -0.39 is 15.7 Å². The summed E-state index contributed by atoms with van der Waals surface area (Å²) in [5.74, 6) is 0.506. The van der Waals surface area contributed by atoms with Gasteiger partial charge in [0.1, 0.15) is 21.6 Å². The fourth-order valence-corrected chi connectivity index (χ4v) is 6.46. The van der Waals surface area contributed by atoms with E-state index in [0.717, 1.165) is 30.8 Å². The Bertz CT molecular complexity index is 1500. The topological polar surface area (TPSA) is 128 Å². The molecule has 1 N–H and O–H groups in total. The van der Waals surface area contributed by atoms with Crippen molar-refractivity contribution in [2.24, 2.45) is 0 Å². The summed E-state index contributed by atoms with van der Waals surface area (Å²) in [6.45, 7) is 5.19. The van der Waals surface area contributed by atoms with Gasteiger partial charge >= 0.3 is 0 Å². The molecule has 2 aliphatic rings. The van der Waals surface area contributed by atoms with Crippen LogP contribution in [0.1, 0.15) is 49.2 Å². The van der Waals surface area contributed by atoms with Crippen LogP contribution in [0.25, 0.3) is 0 Å². The zero-order chi connectivity index (χ0) is 27.7. The normalized spacial score (nSPS) is 15.1. The average Bonchev–Trinajstić information content (AvgIpc) is 3.63. The highest BCUT2D eigenvalue weighted by Gasteiger charge is 2.37. The molecule has 10 nitrogen and oxygen atoms in total. The van der Waals surface area contributed by atoms with Crippen LogP contribution >= 0.6 is 22.9 Å². The van der Waals surface area contributed by atoms with Crippen molar-refractivity contribution in [1.82, 2.24) is 14.9 Å². The monoisotopic (exact) mass is 590 g/mol. The van der Waals surface area contributed by atoms with E-state index in [2.05, 4.69) is 15.3 Å². The van der Waals surface area contributed by atoms with Crippen molar-refractivity contribution in [3.63, 3.8) is 0 Å². The number of carbonyl (C=O) groups is 2. The highest BCUT2D eigenvalue weighted by atomic mass is 35.5. The molecule has 1 saturated heterocycles. The second kappa shape index (κ2) is 11.1. The lowest BCUT2D eigenvalue weighted by Crippen LogP contribution is -2.42. The molecule has 1 saturated carbocycles. The molecule has 0 unspecified atom stereocenters. The Labute approximate surface area is 235 Å². The molecule has 2 aromatic heterocycles. The van der Waals surface area contributed by atoms with E-state index >= 15 is 0 Å². The van der Waals surface area contributed by atoms with Crippen molar-refractivity contribution in [2.75, 3.05) is 18.4 Å². The van der Waals surface area contributed by atoms with Gasteiger partial charge in [0.2, 0.25) is 5.91 Å². The number of likely N-dealkylation sites (tertiary alicyclic amines) is 1. The number of anilines is 1. The van der Waals surface area contributed by atoms with Crippen LogP contribution in [-0.2, 0) is 21.1 Å². The standard InChI is InChI=1S/C26H27ClN4O6S2/c1-15(2)36-18-10-16(25(33)30-26-29-21(24(27)38-26)13-23(32)31-8-3-9-31)11-19(12-18)37-17-4-7-22(28-14-17)39(34,35)20-5-6-20/h4,7,10-12,14-15,20H,3,5-6,8-9,13H2,1-2H3,(H,29,30,33). The predicted molar refractivity (Wildman–Crippen MR) is 147 cm³/mol. The van der Waals surface area contributed by atoms with Crippen molar-refractivity contribution in [2.45, 2.75) is 55.9 Å². The number of amides is 2. The number of carbonyl (C=O) groups excluding carboxylic acids is 2. The van der Waals surface area contributed by atoms with Crippen LogP contribution in [0.4, 0.5) is 5.13 Å². The van der Waals surface area contributed by atoms with Crippen molar-refractivity contribution < 1.29 is 27.5 Å². The molecule has 3 heterocycles. The van der Waals surface area contributed by atoms with Gasteiger partial charge in [-0.15, -0.1) is 0 Å². The number of thiazole rings is 1. The Kier molecular flexibility index (Phi) is 7.79. The summed E-state index contributed by atoms with van der Waals surface area (Å²) in [5, 5.41) is 2.66. The van der Waals surface area contributed by atoms with Gasteiger partial charge in [-0.2, -0.15) is 0 Å². The number of nitrogens with one attached hydrogen (secondary N) is 1. The molecule has 5 rings (SSSR count). The molecular formula is C26H27ClN4O6S2. The maximum absolute atomic E-state index is 13.1. The predicted octanol–water partition coefficient (Wildman–Crippen LogP) is 4.73. The second-order valence-electron chi connectivity index (χ2n) is 9.64. The largest absolute Gasteiger partial charge is 0.491 e. The summed E-state index contributed by atoms with van der Waals surface area (Å²) in [5.41, 5.74) is 0.669. The first-order chi connectivity index (χ1) is 18.6. The van der Waals surface area contributed by atoms with Crippen LogP contribution in [0.15, 0.2) is 41.6 Å². The minimum absolute atomic E-state index is 0.0161. The maximum atomic E-state index is 13.1. The molecule has 2 fully saturated rings. The molecule has 2 amide bonds. The van der Waals surface area contributed by atoms with Gasteiger partial charge < -0.3 is 14.4 Å². The number of halogens is 1. The third kappa shape index (κ3) is 6.51. The summed E-state index contributed by atoms with van der Waals surface area (Å²) in [7, 11) is -3.41. The molecule has 0 atom stereocenters. The van der Waals surface area contributed by atoms with Crippen molar-refractivity contribution in [3.8, 4) is 17.2 Å². The smallest absolute Gasteiger partial charge is 0.257 e. The van der Waals surface area contributed by atoms with Crippen LogP contribution in [0.3, 0.4) is 0 Å². The molecule has 206 valence electrons. The summed E-state index contributed by atoms with van der Waals surface area (Å²) < 4.78 is 36.9. The lowest BCUT2D eigenvalue weighted by Gasteiger charge is -2.30. The Morgan fingerprint density at radius 1 is 1.15 bits per heavy atom. The lowest BCUT2D eigenvalue weighted by molar-refractivity contribution is -0.133. The van der Waals surface area contributed by atoms with Crippen LogP contribution in [0.2, 0.25) is 4.34 Å². The fourth-order valence-electron chi connectivity index (χ4n) is 3.87. The maximum Gasteiger partial charge on any atom is 0.257 e. The highest BCUT2D eigenvalue weighted by Crippen LogP contribution is 2.34. The molecule has 1 aliphatic heterocycles. The number of pyridine rings is 1. The van der Waals surface area contributed by atoms with Gasteiger partial charge in [-0.3, -0.25) is 14.9 Å². The van der Waals surface area contributed by atoms with Crippen molar-refractivity contribution >= 4 is 49.7 Å². The first-order valence-corrected chi connectivity index (χ1v) is 15.3. The molecule has 3 aromatic rings. The van der Waals surface area contributed by atoms with E-state index in [0.29, 0.717) is 40.1 Å². The van der Waals surface area contributed by atoms with Crippen molar-refractivity contribution in [3.05, 3.63) is 52.1 Å². The quantitative estimate of drug-likeness (QED) is 0.359. The third-order valence-electron chi connectivity index (χ3n) is 6.11. The van der Waals surface area contributed by atoms with Crippen LogP contribution in [0.5, 0.6) is 17.2 Å². The van der Waals surface area contributed by atoms with Gasteiger partial charge in [0.25, 0.3) is 5.91 Å². The van der Waals surface area contributed by atoms with Crippen molar-refractivity contribution in [1.29, 1.82) is 0 Å². The van der Waals surface area contributed by atoms with E-state index in [4.69, 9.17) is 21.1 Å². The third-order valence-corrected chi connectivity index (χ3v) is 9.54. The van der Waals surface area contributed by atoms with Crippen LogP contribution < -0.4 is 14.8 Å². The molecule has 0 spiro atoms. The van der Waals surface area contributed by atoms with Gasteiger partial charge in [-0.25, -0.2) is 18.4 Å². The molecular weight excluding hydrogens is 564 g/mol. The minimum Gasteiger partial charge on any atom is -0.491 e. The Balaban J connectivity index is 1.32. The number of benzene rings is 1. The average molecular weight is 591 g/mol. The first kappa shape index (κ1) is 27.4. The van der Waals surface area contributed by atoms with Gasteiger partial charge in [-0.1, -0.05) is 22.9 Å². The summed E-state index contributed by atoms with van der Waals surface area (Å²) in [6.07, 6.45) is 3.56. The van der Waals surface area contributed by atoms with E-state index in [1.54, 1.807) is 17.0 Å². The Morgan fingerprint density at radius 3 is 2.51 bits per heavy atom. The molecule has 13 heteroatoms. The zero-order valence-electron chi connectivity index (χ0n) is 21.3. The molecule has 1 aliphatic carbocycles. The van der Waals surface area contributed by atoms with Crippen LogP contribution in [0, 0.1) is 0 Å². The van der Waals surface area contributed by atoms with Gasteiger partial charge in [0.15, 0.2) is 20.0 Å². The first-order valence-electron chi connectivity index (χ1n) is 12.5. The number of hydrogen-bond acceptors (Lipinski definition) is 9. The van der Waals surface area contributed by atoms with Gasteiger partial charge in [0.05, 0.1) is 29.7 Å². The number of nitrogens with zero attached hydrogens (tertiary/aromatic N) is 3. The van der Waals surface area contributed by atoms with E-state index in [9.17, 15) is 18.0 Å². The number of hydrogen-bond donors (Lipinski definition) is 1. The SMILES string of the molecule is CC(C)Oc1cc(Oc2ccc(S(=O)(=O)C3CC3)nc2)cc(C(=O)Nc2nc(CC(=O)N3CCC3)c(Cl)s2)c1. The Morgan fingerprint density at radius 2 is 1.90 bits per heavy atom. The summed E-state index contributed by atoms with van der Waals surface area (Å²) >= 11 is 7.37. The number of aromatic nitrogens is 2. The highest BCUT2D eigenvalue weighted by molar-refractivity contribution is 7.92. The summed E-state index contributed by atoms with van der Waals surface area (Å²) in [6, 6.07) is 7.68. The van der Waals surface area contributed by atoms with E-state index in [-0.39, 0.29) is 39.4 Å². The molecule has 1 aromatic carbocycles. The molecule has 39 heavy (non-hydrogen) atoms. The number of sulfone groups is 1. The lowest BCUT2D eigenvalue weighted by atomic mass is 10.2. The molecule has 0 radical (unpaired) electrons. The molecule has 0 bridgehead atoms. The fraction of sp³-hybridized carbons (Fsp3) is 0.385. The Hall–Kier alpha value is -3.22. The van der Waals surface area contributed by atoms with E-state index in [1.165, 1.54) is 24.4 Å².